The number of carbonyl (C=O) groups excluding carboxylic acids is 2. The van der Waals surface area contributed by atoms with E-state index in [4.69, 9.17) is 0 Å². The van der Waals surface area contributed by atoms with Gasteiger partial charge >= 0.3 is 6.03 Å². The fourth-order valence-corrected chi connectivity index (χ4v) is 2.97. The van der Waals surface area contributed by atoms with Crippen molar-refractivity contribution < 1.29 is 9.59 Å². The Hall–Kier alpha value is -3.20. The number of hydrogen-bond acceptors (Lipinski definition) is 6. The third-order valence-corrected chi connectivity index (χ3v) is 4.24. The standard InChI is InChI=1S/C19H25N7O2/c1-12-9-17(22-8-7-21-13(2)27)25-18(23-12)26-19(28)24-16-4-3-14-5-6-20-11-15(14)10-16/h3-4,9-10,20H,5-8,11H2,1-2H3,(H,21,27)(H3,22,23,24,25,26,28). The quantitative estimate of drug-likeness (QED) is 0.484. The molecule has 148 valence electrons. The van der Waals surface area contributed by atoms with Crippen molar-refractivity contribution in [3.8, 4) is 0 Å². The third kappa shape index (κ3) is 5.65. The Balaban J connectivity index is 1.58. The molecule has 28 heavy (non-hydrogen) atoms. The van der Waals surface area contributed by atoms with E-state index < -0.39 is 6.03 Å². The molecule has 1 aliphatic rings. The maximum Gasteiger partial charge on any atom is 0.326 e. The minimum atomic E-state index is -0.404. The van der Waals surface area contributed by atoms with Crippen LogP contribution in [0.3, 0.4) is 0 Å². The van der Waals surface area contributed by atoms with E-state index in [9.17, 15) is 9.59 Å². The van der Waals surface area contributed by atoms with E-state index in [1.807, 2.05) is 25.1 Å². The maximum absolute atomic E-state index is 12.3. The molecule has 0 saturated carbocycles. The van der Waals surface area contributed by atoms with Crippen molar-refractivity contribution in [3.05, 3.63) is 41.1 Å². The van der Waals surface area contributed by atoms with Crippen molar-refractivity contribution in [2.45, 2.75) is 26.8 Å². The van der Waals surface area contributed by atoms with Crippen molar-refractivity contribution in [3.63, 3.8) is 0 Å². The number of rotatable bonds is 6. The van der Waals surface area contributed by atoms with Crippen LogP contribution in [0.1, 0.15) is 23.7 Å². The summed E-state index contributed by atoms with van der Waals surface area (Å²) in [5.74, 6) is 0.699. The Morgan fingerprint density at radius 3 is 2.79 bits per heavy atom. The molecule has 0 atom stereocenters. The zero-order valence-corrected chi connectivity index (χ0v) is 16.1. The number of nitrogens with zero attached hydrogens (tertiary/aromatic N) is 2. The molecule has 0 fully saturated rings. The first-order valence-electron chi connectivity index (χ1n) is 9.24. The Morgan fingerprint density at radius 2 is 1.96 bits per heavy atom. The van der Waals surface area contributed by atoms with Crippen LogP contribution in [0.15, 0.2) is 24.3 Å². The number of benzene rings is 1. The van der Waals surface area contributed by atoms with Crippen LogP contribution >= 0.6 is 0 Å². The van der Waals surface area contributed by atoms with E-state index in [2.05, 4.69) is 36.6 Å². The van der Waals surface area contributed by atoms with Crippen LogP contribution in [0.4, 0.5) is 22.2 Å². The Labute approximate surface area is 163 Å². The smallest absolute Gasteiger partial charge is 0.326 e. The highest BCUT2D eigenvalue weighted by atomic mass is 16.2. The molecule has 2 heterocycles. The molecule has 1 aromatic carbocycles. The van der Waals surface area contributed by atoms with Gasteiger partial charge in [-0.3, -0.25) is 10.1 Å². The first kappa shape index (κ1) is 19.6. The molecule has 1 aliphatic heterocycles. The van der Waals surface area contributed by atoms with Crippen molar-refractivity contribution in [1.29, 1.82) is 0 Å². The monoisotopic (exact) mass is 383 g/mol. The molecule has 3 rings (SSSR count). The van der Waals surface area contributed by atoms with Crippen LogP contribution < -0.4 is 26.6 Å². The fourth-order valence-electron chi connectivity index (χ4n) is 2.97. The highest BCUT2D eigenvalue weighted by Gasteiger charge is 2.11. The van der Waals surface area contributed by atoms with Crippen LogP contribution in [-0.4, -0.2) is 41.5 Å². The molecule has 5 N–H and O–H groups in total. The average Bonchev–Trinajstić information content (AvgIpc) is 2.64. The van der Waals surface area contributed by atoms with E-state index in [1.54, 1.807) is 6.07 Å². The normalized spacial score (nSPS) is 12.6. The van der Waals surface area contributed by atoms with Gasteiger partial charge in [-0.25, -0.2) is 9.78 Å². The van der Waals surface area contributed by atoms with Gasteiger partial charge in [0.05, 0.1) is 0 Å². The van der Waals surface area contributed by atoms with Gasteiger partial charge in [-0.1, -0.05) is 6.07 Å². The van der Waals surface area contributed by atoms with Crippen molar-refractivity contribution >= 4 is 29.4 Å². The molecule has 9 nitrogen and oxygen atoms in total. The number of aromatic nitrogens is 2. The molecular formula is C19H25N7O2. The van der Waals surface area contributed by atoms with Crippen LogP contribution in [0, 0.1) is 6.92 Å². The largest absolute Gasteiger partial charge is 0.368 e. The number of urea groups is 1. The number of hydrogen-bond donors (Lipinski definition) is 5. The number of nitrogens with one attached hydrogen (secondary N) is 5. The van der Waals surface area contributed by atoms with Gasteiger partial charge in [-0.05, 0) is 43.1 Å². The summed E-state index contributed by atoms with van der Waals surface area (Å²) in [7, 11) is 0. The summed E-state index contributed by atoms with van der Waals surface area (Å²) in [4.78, 5) is 31.7. The molecule has 0 spiro atoms. The molecule has 0 unspecified atom stereocenters. The Kier molecular flexibility index (Phi) is 6.38. The van der Waals surface area contributed by atoms with Gasteiger partial charge in [0.1, 0.15) is 5.82 Å². The highest BCUT2D eigenvalue weighted by Crippen LogP contribution is 2.19. The zero-order chi connectivity index (χ0) is 19.9. The summed E-state index contributed by atoms with van der Waals surface area (Å²) in [6.07, 6.45) is 0.997. The predicted octanol–water partition coefficient (Wildman–Crippen LogP) is 1.62. The maximum atomic E-state index is 12.3. The second-order valence-electron chi connectivity index (χ2n) is 6.62. The zero-order valence-electron chi connectivity index (χ0n) is 16.1. The summed E-state index contributed by atoms with van der Waals surface area (Å²) in [5.41, 5.74) is 3.94. The average molecular weight is 383 g/mol. The molecule has 0 bridgehead atoms. The Morgan fingerprint density at radius 1 is 1.11 bits per heavy atom. The van der Waals surface area contributed by atoms with Gasteiger partial charge in [0.2, 0.25) is 11.9 Å². The van der Waals surface area contributed by atoms with E-state index in [0.717, 1.165) is 25.2 Å². The van der Waals surface area contributed by atoms with Gasteiger partial charge in [0.15, 0.2) is 0 Å². The van der Waals surface area contributed by atoms with Crippen LogP contribution in [-0.2, 0) is 17.8 Å². The lowest BCUT2D eigenvalue weighted by atomic mass is 10.0. The number of amides is 3. The van der Waals surface area contributed by atoms with Gasteiger partial charge in [-0.15, -0.1) is 0 Å². The number of anilines is 3. The van der Waals surface area contributed by atoms with Gasteiger partial charge in [0, 0.05) is 44.0 Å². The topological polar surface area (TPSA) is 120 Å². The predicted molar refractivity (Wildman–Crippen MR) is 108 cm³/mol. The highest BCUT2D eigenvalue weighted by molar-refractivity contribution is 5.98. The molecule has 0 saturated heterocycles. The molecule has 2 aromatic rings. The fraction of sp³-hybridized carbons (Fsp3) is 0.368. The summed E-state index contributed by atoms with van der Waals surface area (Å²) >= 11 is 0. The molecule has 1 aromatic heterocycles. The van der Waals surface area contributed by atoms with Gasteiger partial charge in [0.25, 0.3) is 0 Å². The number of carbonyl (C=O) groups is 2. The first-order valence-corrected chi connectivity index (χ1v) is 9.24. The number of fused-ring (bicyclic) bond motifs is 1. The van der Waals surface area contributed by atoms with E-state index >= 15 is 0 Å². The lowest BCUT2D eigenvalue weighted by Crippen LogP contribution is -2.27. The molecule has 3 amide bonds. The minimum absolute atomic E-state index is 0.0855. The number of aryl methyl sites for hydroxylation is 1. The molecular weight excluding hydrogens is 358 g/mol. The Bertz CT molecular complexity index is 869. The lowest BCUT2D eigenvalue weighted by molar-refractivity contribution is -0.118. The van der Waals surface area contributed by atoms with Crippen molar-refractivity contribution in [2.24, 2.45) is 0 Å². The summed E-state index contributed by atoms with van der Waals surface area (Å²) in [6, 6.07) is 7.29. The second-order valence-corrected chi connectivity index (χ2v) is 6.62. The summed E-state index contributed by atoms with van der Waals surface area (Å²) < 4.78 is 0. The SMILES string of the molecule is CC(=O)NCCNc1cc(C)nc(NC(=O)Nc2ccc3c(c2)CNCC3)n1. The lowest BCUT2D eigenvalue weighted by Gasteiger charge is -2.18. The van der Waals surface area contributed by atoms with Crippen LogP contribution in [0.5, 0.6) is 0 Å². The van der Waals surface area contributed by atoms with E-state index in [1.165, 1.54) is 18.1 Å². The first-order chi connectivity index (χ1) is 13.5. The molecule has 0 radical (unpaired) electrons. The minimum Gasteiger partial charge on any atom is -0.368 e. The van der Waals surface area contributed by atoms with E-state index in [0.29, 0.717) is 24.6 Å². The van der Waals surface area contributed by atoms with Crippen molar-refractivity contribution in [1.82, 2.24) is 20.6 Å². The van der Waals surface area contributed by atoms with E-state index in [-0.39, 0.29) is 11.9 Å². The summed E-state index contributed by atoms with van der Waals surface area (Å²) in [6.45, 7) is 6.07. The van der Waals surface area contributed by atoms with Gasteiger partial charge in [-0.2, -0.15) is 4.98 Å². The van der Waals surface area contributed by atoms with Crippen LogP contribution in [0.25, 0.3) is 0 Å². The second kappa shape index (κ2) is 9.14. The summed E-state index contributed by atoms with van der Waals surface area (Å²) in [5, 5.41) is 14.6. The third-order valence-electron chi connectivity index (χ3n) is 4.24. The van der Waals surface area contributed by atoms with Gasteiger partial charge < -0.3 is 21.3 Å². The van der Waals surface area contributed by atoms with Crippen LogP contribution in [0.2, 0.25) is 0 Å². The molecule has 9 heteroatoms. The molecule has 0 aliphatic carbocycles. The van der Waals surface area contributed by atoms with Crippen molar-refractivity contribution in [2.75, 3.05) is 35.6 Å².